The summed E-state index contributed by atoms with van der Waals surface area (Å²) in [5, 5.41) is 4.32. The van der Waals surface area contributed by atoms with Crippen molar-refractivity contribution in [3.8, 4) is 0 Å². The van der Waals surface area contributed by atoms with E-state index in [0.717, 1.165) is 36.8 Å². The SMILES string of the molecule is CC1=CC(=[N+]2CCCCC2)NC(C)N1OS(=O)(=O)O.[OH-]. The summed E-state index contributed by atoms with van der Waals surface area (Å²) in [5.74, 6) is 0.972. The van der Waals surface area contributed by atoms with Gasteiger partial charge in [-0.2, -0.15) is 13.5 Å². The van der Waals surface area contributed by atoms with E-state index in [2.05, 4.69) is 14.2 Å². The zero-order valence-corrected chi connectivity index (χ0v) is 12.4. The average Bonchev–Trinajstić information content (AvgIpc) is 2.33. The van der Waals surface area contributed by atoms with Crippen molar-refractivity contribution in [1.29, 1.82) is 0 Å². The summed E-state index contributed by atoms with van der Waals surface area (Å²) in [6.45, 7) is 5.51. The Bertz CT molecular complexity index is 506. The number of rotatable bonds is 2. The van der Waals surface area contributed by atoms with Crippen LogP contribution < -0.4 is 5.32 Å². The minimum Gasteiger partial charge on any atom is -0.870 e. The van der Waals surface area contributed by atoms with Crippen LogP contribution in [0.5, 0.6) is 0 Å². The molecule has 0 bridgehead atoms. The topological polar surface area (TPSA) is 112 Å². The number of piperidine rings is 1. The standard InChI is InChI=1S/C11H19N3O4S.H2O/c1-9-8-11(13-6-4-3-5-7-13)12-10(2)14(9)18-19(15,16)17;/h8,10H,3-7H2,1-2H3,(H,15,16,17);1H2. The van der Waals surface area contributed by atoms with Gasteiger partial charge in [0.2, 0.25) is 0 Å². The highest BCUT2D eigenvalue weighted by Crippen LogP contribution is 2.16. The highest BCUT2D eigenvalue weighted by molar-refractivity contribution is 7.80. The first-order chi connectivity index (χ1) is 8.87. The van der Waals surface area contributed by atoms with Gasteiger partial charge in [0.1, 0.15) is 0 Å². The Morgan fingerprint density at radius 1 is 1.40 bits per heavy atom. The number of hydroxylamine groups is 2. The molecule has 0 radical (unpaired) electrons. The molecule has 3 N–H and O–H groups in total. The Balaban J connectivity index is 0.00000200. The molecule has 116 valence electrons. The molecule has 1 fully saturated rings. The van der Waals surface area contributed by atoms with E-state index in [9.17, 15) is 8.42 Å². The molecule has 9 heteroatoms. The fourth-order valence-electron chi connectivity index (χ4n) is 2.42. The smallest absolute Gasteiger partial charge is 0.418 e. The molecule has 2 aliphatic rings. The maximum Gasteiger partial charge on any atom is 0.418 e. The average molecular weight is 307 g/mol. The number of allylic oxidation sites excluding steroid dienone is 1. The molecule has 1 unspecified atom stereocenters. The van der Waals surface area contributed by atoms with Gasteiger partial charge in [0.15, 0.2) is 6.17 Å². The molecule has 8 nitrogen and oxygen atoms in total. The second-order valence-electron chi connectivity index (χ2n) is 4.87. The van der Waals surface area contributed by atoms with Gasteiger partial charge in [0, 0.05) is 6.08 Å². The minimum atomic E-state index is -4.51. The van der Waals surface area contributed by atoms with E-state index in [1.54, 1.807) is 13.8 Å². The minimum absolute atomic E-state index is 0. The molecule has 20 heavy (non-hydrogen) atoms. The Morgan fingerprint density at radius 3 is 2.50 bits per heavy atom. The van der Waals surface area contributed by atoms with Gasteiger partial charge >= 0.3 is 10.4 Å². The van der Waals surface area contributed by atoms with Crippen LogP contribution in [0.4, 0.5) is 0 Å². The Labute approximate surface area is 118 Å². The molecular weight excluding hydrogens is 286 g/mol. The molecule has 0 aliphatic carbocycles. The Hall–Kier alpha value is -1.16. The molecular formula is C11H21N3O5S. The summed E-state index contributed by atoms with van der Waals surface area (Å²) in [5.41, 5.74) is 0.629. The quantitative estimate of drug-likeness (QED) is 0.557. The molecule has 0 spiro atoms. The first-order valence-electron chi connectivity index (χ1n) is 6.40. The van der Waals surface area contributed by atoms with Crippen LogP contribution in [0.25, 0.3) is 0 Å². The summed E-state index contributed by atoms with van der Waals surface area (Å²) >= 11 is 0. The van der Waals surface area contributed by atoms with Crippen LogP contribution >= 0.6 is 0 Å². The molecule has 0 aromatic rings. The van der Waals surface area contributed by atoms with Crippen LogP contribution in [0.2, 0.25) is 0 Å². The monoisotopic (exact) mass is 307 g/mol. The van der Waals surface area contributed by atoms with E-state index < -0.39 is 10.4 Å². The van der Waals surface area contributed by atoms with E-state index >= 15 is 0 Å². The van der Waals surface area contributed by atoms with Crippen LogP contribution in [-0.4, -0.2) is 53.2 Å². The third-order valence-corrected chi connectivity index (χ3v) is 3.62. The summed E-state index contributed by atoms with van der Waals surface area (Å²) < 4.78 is 37.1. The van der Waals surface area contributed by atoms with Gasteiger partial charge in [-0.15, -0.1) is 4.28 Å². The van der Waals surface area contributed by atoms with Crippen LogP contribution in [0, 0.1) is 0 Å². The van der Waals surface area contributed by atoms with Crippen LogP contribution in [0.3, 0.4) is 0 Å². The molecule has 1 saturated heterocycles. The van der Waals surface area contributed by atoms with Gasteiger partial charge in [-0.1, -0.05) is 0 Å². The zero-order valence-electron chi connectivity index (χ0n) is 11.6. The second kappa shape index (κ2) is 6.53. The summed E-state index contributed by atoms with van der Waals surface area (Å²) in [7, 11) is -4.51. The van der Waals surface area contributed by atoms with Gasteiger partial charge in [-0.25, -0.2) is 0 Å². The molecule has 0 aromatic carbocycles. The number of nitrogens with zero attached hydrogens (tertiary/aromatic N) is 2. The predicted octanol–water partition coefficient (Wildman–Crippen LogP) is 0.294. The van der Waals surface area contributed by atoms with Crippen molar-refractivity contribution in [2.75, 3.05) is 13.1 Å². The number of hydrogen-bond donors (Lipinski definition) is 2. The third kappa shape index (κ3) is 4.17. The number of nitrogens with one attached hydrogen (secondary N) is 1. The van der Waals surface area contributed by atoms with Crippen molar-refractivity contribution >= 4 is 16.2 Å². The molecule has 1 atom stereocenters. The van der Waals surface area contributed by atoms with Gasteiger partial charge in [-0.05, 0) is 33.1 Å². The zero-order chi connectivity index (χ0) is 14.0. The van der Waals surface area contributed by atoms with Crippen molar-refractivity contribution in [3.63, 3.8) is 0 Å². The van der Waals surface area contributed by atoms with Crippen LogP contribution in [-0.2, 0) is 14.7 Å². The van der Waals surface area contributed by atoms with Gasteiger partial charge in [0.05, 0.1) is 18.8 Å². The molecule has 0 amide bonds. The van der Waals surface area contributed by atoms with E-state index in [1.165, 1.54) is 6.42 Å². The predicted molar refractivity (Wildman–Crippen MR) is 71.6 cm³/mol. The maximum absolute atomic E-state index is 10.8. The van der Waals surface area contributed by atoms with Gasteiger partial charge in [0.25, 0.3) is 5.84 Å². The molecule has 2 rings (SSSR count). The van der Waals surface area contributed by atoms with E-state index in [1.807, 2.05) is 6.08 Å². The van der Waals surface area contributed by atoms with Gasteiger partial charge in [-0.3, -0.25) is 14.4 Å². The number of hydrogen-bond acceptors (Lipinski definition) is 5. The Morgan fingerprint density at radius 2 is 2.00 bits per heavy atom. The van der Waals surface area contributed by atoms with E-state index in [4.69, 9.17) is 4.55 Å². The first-order valence-corrected chi connectivity index (χ1v) is 7.76. The largest absolute Gasteiger partial charge is 0.870 e. The fourth-order valence-corrected chi connectivity index (χ4v) is 2.87. The molecule has 2 heterocycles. The highest BCUT2D eigenvalue weighted by Gasteiger charge is 2.31. The first kappa shape index (κ1) is 16.9. The summed E-state index contributed by atoms with van der Waals surface area (Å²) in [6.07, 6.45) is 5.04. The van der Waals surface area contributed by atoms with Crippen LogP contribution in [0.1, 0.15) is 33.1 Å². The van der Waals surface area contributed by atoms with Crippen molar-refractivity contribution in [2.24, 2.45) is 0 Å². The summed E-state index contributed by atoms with van der Waals surface area (Å²) in [6, 6.07) is 0. The lowest BCUT2D eigenvalue weighted by Crippen LogP contribution is -2.52. The molecule has 2 aliphatic heterocycles. The van der Waals surface area contributed by atoms with Crippen molar-refractivity contribution in [2.45, 2.75) is 39.3 Å². The number of amidine groups is 1. The van der Waals surface area contributed by atoms with E-state index in [0.29, 0.717) is 5.70 Å². The van der Waals surface area contributed by atoms with Crippen LogP contribution in [0.15, 0.2) is 11.8 Å². The lowest BCUT2D eigenvalue weighted by Gasteiger charge is -2.30. The van der Waals surface area contributed by atoms with Crippen molar-refractivity contribution in [1.82, 2.24) is 10.4 Å². The van der Waals surface area contributed by atoms with Crippen molar-refractivity contribution in [3.05, 3.63) is 11.8 Å². The normalized spacial score (nSPS) is 23.9. The summed E-state index contributed by atoms with van der Waals surface area (Å²) in [4.78, 5) is 0. The highest BCUT2D eigenvalue weighted by atomic mass is 32.3. The second-order valence-corrected chi connectivity index (χ2v) is 5.87. The maximum atomic E-state index is 10.8. The van der Waals surface area contributed by atoms with E-state index in [-0.39, 0.29) is 11.6 Å². The Kier molecular flexibility index (Phi) is 5.51. The molecule has 0 saturated carbocycles. The lowest BCUT2D eigenvalue weighted by atomic mass is 10.1. The van der Waals surface area contributed by atoms with Crippen molar-refractivity contribution < 1.29 is 27.3 Å². The fraction of sp³-hybridized carbons (Fsp3) is 0.727. The lowest BCUT2D eigenvalue weighted by molar-refractivity contribution is -0.539. The third-order valence-electron chi connectivity index (χ3n) is 3.27. The molecule has 0 aromatic heterocycles. The van der Waals surface area contributed by atoms with Gasteiger partial charge < -0.3 is 5.48 Å².